The van der Waals surface area contributed by atoms with Crippen LogP contribution < -0.4 is 10.1 Å². The van der Waals surface area contributed by atoms with E-state index in [1.54, 1.807) is 0 Å². The van der Waals surface area contributed by atoms with Gasteiger partial charge in [0.15, 0.2) is 6.61 Å². The van der Waals surface area contributed by atoms with Crippen molar-refractivity contribution in [2.45, 2.75) is 69.7 Å². The van der Waals surface area contributed by atoms with E-state index in [1.165, 1.54) is 56.9 Å². The Kier molecular flexibility index (Phi) is 3.76. The summed E-state index contributed by atoms with van der Waals surface area (Å²) in [4.78, 5) is 17.1. The molecule has 0 spiro atoms. The van der Waals surface area contributed by atoms with Crippen molar-refractivity contribution in [3.05, 3.63) is 23.5 Å². The van der Waals surface area contributed by atoms with Gasteiger partial charge >= 0.3 is 0 Å². The molecule has 0 radical (unpaired) electrons. The number of hydrogen-bond donors (Lipinski definition) is 1. The number of fused-ring (bicyclic) bond motifs is 1. The molecule has 5 aliphatic carbocycles. The highest BCUT2D eigenvalue weighted by molar-refractivity contribution is 5.78. The summed E-state index contributed by atoms with van der Waals surface area (Å²) < 4.78 is 5.93. The Labute approximate surface area is 149 Å². The monoisotopic (exact) mass is 340 g/mol. The van der Waals surface area contributed by atoms with Crippen LogP contribution in [-0.2, 0) is 17.6 Å². The Hall–Kier alpha value is -1.58. The molecule has 4 fully saturated rings. The fourth-order valence-corrected chi connectivity index (χ4v) is 6.47. The number of aromatic nitrogens is 1. The van der Waals surface area contributed by atoms with Gasteiger partial charge in [-0.1, -0.05) is 0 Å². The smallest absolute Gasteiger partial charge is 0.258 e. The van der Waals surface area contributed by atoms with Gasteiger partial charge in [0.1, 0.15) is 5.75 Å². The van der Waals surface area contributed by atoms with E-state index in [1.807, 2.05) is 12.3 Å². The van der Waals surface area contributed by atoms with Gasteiger partial charge in [0.25, 0.3) is 5.91 Å². The molecule has 5 aliphatic rings. The number of hydrogen-bond acceptors (Lipinski definition) is 3. The highest BCUT2D eigenvalue weighted by Crippen LogP contribution is 2.55. The van der Waals surface area contributed by atoms with E-state index >= 15 is 0 Å². The topological polar surface area (TPSA) is 51.2 Å². The average molecular weight is 340 g/mol. The van der Waals surface area contributed by atoms with Gasteiger partial charge in [-0.25, -0.2) is 0 Å². The molecule has 0 atom stereocenters. The molecule has 4 saturated carbocycles. The highest BCUT2D eigenvalue weighted by Gasteiger charge is 2.51. The first kappa shape index (κ1) is 15.7. The van der Waals surface area contributed by atoms with E-state index in [2.05, 4.69) is 10.3 Å². The average Bonchev–Trinajstić information content (AvgIpc) is 2.58. The normalized spacial score (nSPS) is 35.3. The summed E-state index contributed by atoms with van der Waals surface area (Å²) in [6.45, 7) is 0.137. The van der Waals surface area contributed by atoms with E-state index in [-0.39, 0.29) is 18.1 Å². The fourth-order valence-electron chi connectivity index (χ4n) is 6.47. The lowest BCUT2D eigenvalue weighted by molar-refractivity contribution is -0.128. The van der Waals surface area contributed by atoms with Crippen LogP contribution in [0.1, 0.15) is 62.6 Å². The van der Waals surface area contributed by atoms with Crippen molar-refractivity contribution in [3.8, 4) is 5.75 Å². The lowest BCUT2D eigenvalue weighted by Crippen LogP contribution is -2.60. The number of amides is 1. The Morgan fingerprint density at radius 2 is 1.80 bits per heavy atom. The van der Waals surface area contributed by atoms with Crippen molar-refractivity contribution in [3.63, 3.8) is 0 Å². The maximum atomic E-state index is 12.6. The minimum Gasteiger partial charge on any atom is -0.483 e. The minimum absolute atomic E-state index is 0.0586. The second-order valence-corrected chi connectivity index (χ2v) is 8.98. The highest BCUT2D eigenvalue weighted by atomic mass is 16.5. The van der Waals surface area contributed by atoms with E-state index in [0.717, 1.165) is 42.0 Å². The fraction of sp³-hybridized carbons (Fsp3) is 0.714. The van der Waals surface area contributed by atoms with Gasteiger partial charge in [0.05, 0.1) is 0 Å². The summed E-state index contributed by atoms with van der Waals surface area (Å²) in [5.74, 6) is 3.47. The van der Waals surface area contributed by atoms with E-state index < -0.39 is 0 Å². The molecule has 1 amide bonds. The van der Waals surface area contributed by atoms with Gasteiger partial charge in [-0.05, 0) is 88.0 Å². The largest absolute Gasteiger partial charge is 0.483 e. The third-order valence-corrected chi connectivity index (χ3v) is 6.99. The van der Waals surface area contributed by atoms with Crippen LogP contribution in [0.5, 0.6) is 5.75 Å². The molecule has 134 valence electrons. The van der Waals surface area contributed by atoms with Crippen LogP contribution in [0.15, 0.2) is 12.3 Å². The van der Waals surface area contributed by atoms with Crippen molar-refractivity contribution in [2.24, 2.45) is 17.8 Å². The second kappa shape index (κ2) is 6.00. The van der Waals surface area contributed by atoms with Gasteiger partial charge in [0.2, 0.25) is 0 Å². The lowest BCUT2D eigenvalue weighted by Gasteiger charge is -2.56. The standard InChI is InChI=1S/C21H28N2O2/c24-20(13-25-19-5-6-22-18-4-2-1-3-17(18)19)23-21-10-14-7-15(11-21)9-16(8-14)12-21/h5-6,14-16H,1-4,7-13H2,(H,23,24). The van der Waals surface area contributed by atoms with E-state index in [0.29, 0.717) is 0 Å². The molecule has 0 unspecified atom stereocenters. The zero-order chi connectivity index (χ0) is 16.9. The number of nitrogens with one attached hydrogen (secondary N) is 1. The van der Waals surface area contributed by atoms with E-state index in [4.69, 9.17) is 4.74 Å². The molecule has 6 rings (SSSR count). The molecule has 1 N–H and O–H groups in total. The predicted molar refractivity (Wildman–Crippen MR) is 95.4 cm³/mol. The van der Waals surface area contributed by atoms with Crippen molar-refractivity contribution >= 4 is 5.91 Å². The van der Waals surface area contributed by atoms with Crippen LogP contribution in [0.3, 0.4) is 0 Å². The number of carbonyl (C=O) groups is 1. The predicted octanol–water partition coefficient (Wildman–Crippen LogP) is 3.42. The second-order valence-electron chi connectivity index (χ2n) is 8.98. The lowest BCUT2D eigenvalue weighted by atomic mass is 9.53. The molecule has 4 nitrogen and oxygen atoms in total. The number of rotatable bonds is 4. The molecule has 4 bridgehead atoms. The van der Waals surface area contributed by atoms with Crippen molar-refractivity contribution < 1.29 is 9.53 Å². The third kappa shape index (κ3) is 2.94. The molecule has 0 saturated heterocycles. The first-order valence-electron chi connectivity index (χ1n) is 10.1. The van der Waals surface area contributed by atoms with Crippen LogP contribution >= 0.6 is 0 Å². The Morgan fingerprint density at radius 1 is 1.12 bits per heavy atom. The summed E-state index contributed by atoms with van der Waals surface area (Å²) in [5.41, 5.74) is 2.45. The third-order valence-electron chi connectivity index (χ3n) is 6.99. The number of nitrogens with zero attached hydrogens (tertiary/aromatic N) is 1. The number of carbonyl (C=O) groups excluding carboxylic acids is 1. The summed E-state index contributed by atoms with van der Waals surface area (Å²) in [5, 5.41) is 3.40. The first-order valence-corrected chi connectivity index (χ1v) is 10.1. The van der Waals surface area contributed by atoms with Crippen molar-refractivity contribution in [1.82, 2.24) is 10.3 Å². The van der Waals surface area contributed by atoms with Gasteiger partial charge in [-0.3, -0.25) is 9.78 Å². The number of pyridine rings is 1. The van der Waals surface area contributed by atoms with Crippen LogP contribution in [-0.4, -0.2) is 23.0 Å². The van der Waals surface area contributed by atoms with Gasteiger partial charge < -0.3 is 10.1 Å². The molecule has 1 aromatic rings. The SMILES string of the molecule is O=C(COc1ccnc2c1CCCC2)NC12CC3CC(CC(C3)C1)C2. The summed E-state index contributed by atoms with van der Waals surface area (Å²) in [7, 11) is 0. The molecule has 4 heteroatoms. The zero-order valence-corrected chi connectivity index (χ0v) is 14.9. The van der Waals surface area contributed by atoms with Gasteiger partial charge in [0, 0.05) is 23.0 Å². The van der Waals surface area contributed by atoms with Crippen LogP contribution in [0.25, 0.3) is 0 Å². The zero-order valence-electron chi connectivity index (χ0n) is 14.9. The first-order chi connectivity index (χ1) is 12.2. The summed E-state index contributed by atoms with van der Waals surface area (Å²) in [6.07, 6.45) is 14.0. The maximum absolute atomic E-state index is 12.6. The summed E-state index contributed by atoms with van der Waals surface area (Å²) in [6, 6.07) is 1.92. The Balaban J connectivity index is 1.23. The van der Waals surface area contributed by atoms with E-state index in [9.17, 15) is 4.79 Å². The van der Waals surface area contributed by atoms with Gasteiger partial charge in [-0.15, -0.1) is 0 Å². The molecule has 1 heterocycles. The number of ether oxygens (including phenoxy) is 1. The van der Waals surface area contributed by atoms with Crippen LogP contribution in [0, 0.1) is 17.8 Å². The molecule has 1 aromatic heterocycles. The van der Waals surface area contributed by atoms with Crippen LogP contribution in [0.4, 0.5) is 0 Å². The quantitative estimate of drug-likeness (QED) is 0.914. The van der Waals surface area contributed by atoms with Crippen molar-refractivity contribution in [2.75, 3.05) is 6.61 Å². The Morgan fingerprint density at radius 3 is 2.52 bits per heavy atom. The Bertz CT molecular complexity index is 649. The molecule has 0 aliphatic heterocycles. The number of aryl methyl sites for hydroxylation is 1. The molecule has 25 heavy (non-hydrogen) atoms. The molecule has 0 aromatic carbocycles. The molecular weight excluding hydrogens is 312 g/mol. The minimum atomic E-state index is 0.0586. The maximum Gasteiger partial charge on any atom is 0.258 e. The summed E-state index contributed by atoms with van der Waals surface area (Å²) >= 11 is 0. The molecular formula is C21H28N2O2. The van der Waals surface area contributed by atoms with Crippen LogP contribution in [0.2, 0.25) is 0 Å². The van der Waals surface area contributed by atoms with Gasteiger partial charge in [-0.2, -0.15) is 0 Å². The van der Waals surface area contributed by atoms with Crippen molar-refractivity contribution in [1.29, 1.82) is 0 Å².